The molecule has 0 heterocycles. The quantitative estimate of drug-likeness (QED) is 0.804. The smallest absolute Gasteiger partial charge is 0.0835 e. The van der Waals surface area contributed by atoms with Crippen LogP contribution >= 0.6 is 0 Å². The molecule has 0 spiro atoms. The third-order valence-corrected chi connectivity index (χ3v) is 6.11. The van der Waals surface area contributed by atoms with Crippen LogP contribution in [-0.4, -0.2) is 18.2 Å². The maximum Gasteiger partial charge on any atom is 0.0835 e. The number of ether oxygens (including phenoxy) is 1. The lowest BCUT2D eigenvalue weighted by Crippen LogP contribution is -2.57. The molecule has 2 heteroatoms. The van der Waals surface area contributed by atoms with Crippen LogP contribution in [0.3, 0.4) is 0 Å². The highest BCUT2D eigenvalue weighted by Gasteiger charge is 2.45. The van der Waals surface area contributed by atoms with Crippen LogP contribution in [-0.2, 0) is 4.74 Å². The number of nitrogens with two attached hydrogens (primary N) is 1. The van der Waals surface area contributed by atoms with E-state index < -0.39 is 0 Å². The second kappa shape index (κ2) is 7.26. The van der Waals surface area contributed by atoms with E-state index in [0.717, 1.165) is 18.4 Å². The molecule has 2 aliphatic rings. The van der Waals surface area contributed by atoms with Crippen LogP contribution in [0.2, 0.25) is 0 Å². The van der Waals surface area contributed by atoms with E-state index in [1.165, 1.54) is 57.8 Å². The first-order chi connectivity index (χ1) is 9.63. The van der Waals surface area contributed by atoms with Crippen LogP contribution in [0.15, 0.2) is 0 Å². The van der Waals surface area contributed by atoms with Gasteiger partial charge >= 0.3 is 0 Å². The zero-order valence-electron chi connectivity index (χ0n) is 13.9. The summed E-state index contributed by atoms with van der Waals surface area (Å²) in [4.78, 5) is 0. The molecule has 3 unspecified atom stereocenters. The summed E-state index contributed by atoms with van der Waals surface area (Å²) in [6.07, 6.45) is 11.7. The van der Waals surface area contributed by atoms with Crippen molar-refractivity contribution in [3.05, 3.63) is 0 Å². The summed E-state index contributed by atoms with van der Waals surface area (Å²) in [5.74, 6) is 2.37. The van der Waals surface area contributed by atoms with Crippen LogP contribution in [0.1, 0.15) is 78.6 Å². The van der Waals surface area contributed by atoms with Gasteiger partial charge in [-0.05, 0) is 56.8 Å². The molecular formula is C18H35NO. The number of hydrogen-bond donors (Lipinski definition) is 1. The monoisotopic (exact) mass is 281 g/mol. The highest BCUT2D eigenvalue weighted by Crippen LogP contribution is 2.44. The Morgan fingerprint density at radius 1 is 1.10 bits per heavy atom. The Bertz CT molecular complexity index is 283. The predicted molar refractivity (Wildman–Crippen MR) is 85.7 cm³/mol. The molecule has 2 N–H and O–H groups in total. The van der Waals surface area contributed by atoms with Crippen molar-refractivity contribution < 1.29 is 4.74 Å². The molecule has 2 rings (SSSR count). The Morgan fingerprint density at radius 3 is 2.35 bits per heavy atom. The molecule has 0 radical (unpaired) electrons. The Morgan fingerprint density at radius 2 is 1.75 bits per heavy atom. The van der Waals surface area contributed by atoms with Gasteiger partial charge in [-0.3, -0.25) is 0 Å². The summed E-state index contributed by atoms with van der Waals surface area (Å²) in [7, 11) is 0. The van der Waals surface area contributed by atoms with Gasteiger partial charge in [-0.2, -0.15) is 0 Å². The van der Waals surface area contributed by atoms with E-state index >= 15 is 0 Å². The molecule has 0 saturated heterocycles. The molecule has 0 bridgehead atoms. The highest BCUT2D eigenvalue weighted by atomic mass is 16.5. The van der Waals surface area contributed by atoms with Crippen LogP contribution in [0, 0.1) is 17.8 Å². The van der Waals surface area contributed by atoms with Crippen LogP contribution in [0.5, 0.6) is 0 Å². The fourth-order valence-corrected chi connectivity index (χ4v) is 4.72. The lowest BCUT2D eigenvalue weighted by Gasteiger charge is -2.48. The van der Waals surface area contributed by atoms with Gasteiger partial charge in [-0.15, -0.1) is 0 Å². The molecule has 2 nitrogen and oxygen atoms in total. The minimum Gasteiger partial charge on any atom is -0.374 e. The van der Waals surface area contributed by atoms with E-state index in [0.29, 0.717) is 5.92 Å². The second-order valence-electron chi connectivity index (χ2n) is 7.32. The van der Waals surface area contributed by atoms with E-state index in [9.17, 15) is 0 Å². The van der Waals surface area contributed by atoms with Crippen LogP contribution in [0.25, 0.3) is 0 Å². The summed E-state index contributed by atoms with van der Waals surface area (Å²) >= 11 is 0. The van der Waals surface area contributed by atoms with E-state index in [1.807, 2.05) is 0 Å². The van der Waals surface area contributed by atoms with Crippen molar-refractivity contribution >= 4 is 0 Å². The van der Waals surface area contributed by atoms with Gasteiger partial charge in [0, 0.05) is 12.6 Å². The molecule has 0 amide bonds. The Labute approximate surface area is 125 Å². The first kappa shape index (κ1) is 16.3. The maximum atomic E-state index is 6.83. The molecule has 2 saturated carbocycles. The highest BCUT2D eigenvalue weighted by molar-refractivity contribution is 5.00. The standard InChI is InChI=1S/C18H35NO/c1-4-15-8-6-7-9-16(15)17(19)18(20-5-2)12-10-14(3)11-13-18/h14-17H,4-13,19H2,1-3H3. The lowest BCUT2D eigenvalue weighted by atomic mass is 9.65. The zero-order chi connectivity index (χ0) is 14.6. The van der Waals surface area contributed by atoms with Gasteiger partial charge in [0.05, 0.1) is 5.60 Å². The Kier molecular flexibility index (Phi) is 5.92. The molecule has 20 heavy (non-hydrogen) atoms. The van der Waals surface area contributed by atoms with Gasteiger partial charge in [0.15, 0.2) is 0 Å². The SMILES string of the molecule is CCOC1(C(N)C2CCCCC2CC)CCC(C)CC1. The number of rotatable bonds is 5. The zero-order valence-corrected chi connectivity index (χ0v) is 13.9. The fourth-order valence-electron chi connectivity index (χ4n) is 4.72. The topological polar surface area (TPSA) is 35.2 Å². The molecule has 0 aliphatic heterocycles. The van der Waals surface area contributed by atoms with Crippen molar-refractivity contribution in [2.24, 2.45) is 23.5 Å². The van der Waals surface area contributed by atoms with Gasteiger partial charge in [-0.1, -0.05) is 39.5 Å². The van der Waals surface area contributed by atoms with Gasteiger partial charge < -0.3 is 10.5 Å². The predicted octanol–water partition coefficient (Wildman–Crippen LogP) is 4.52. The second-order valence-corrected chi connectivity index (χ2v) is 7.32. The molecular weight excluding hydrogens is 246 g/mol. The fraction of sp³-hybridized carbons (Fsp3) is 1.00. The minimum atomic E-state index is -0.0172. The van der Waals surface area contributed by atoms with Crippen molar-refractivity contribution in [2.45, 2.75) is 90.2 Å². The van der Waals surface area contributed by atoms with Gasteiger partial charge in [-0.25, -0.2) is 0 Å². The van der Waals surface area contributed by atoms with Gasteiger partial charge in [0.2, 0.25) is 0 Å². The molecule has 0 aromatic carbocycles. The summed E-state index contributed by atoms with van der Waals surface area (Å²) in [6, 6.07) is 0.250. The van der Waals surface area contributed by atoms with Crippen LogP contribution in [0.4, 0.5) is 0 Å². The normalized spacial score (nSPS) is 40.5. The van der Waals surface area contributed by atoms with Crippen molar-refractivity contribution in [1.82, 2.24) is 0 Å². The largest absolute Gasteiger partial charge is 0.374 e. The summed E-state index contributed by atoms with van der Waals surface area (Å²) in [6.45, 7) is 7.65. The Balaban J connectivity index is 2.11. The summed E-state index contributed by atoms with van der Waals surface area (Å²) in [5.41, 5.74) is 6.81. The molecule has 2 aliphatic carbocycles. The first-order valence-electron chi connectivity index (χ1n) is 9.02. The van der Waals surface area contributed by atoms with E-state index in [-0.39, 0.29) is 11.6 Å². The van der Waals surface area contributed by atoms with Crippen molar-refractivity contribution in [3.63, 3.8) is 0 Å². The van der Waals surface area contributed by atoms with Crippen molar-refractivity contribution in [1.29, 1.82) is 0 Å². The molecule has 118 valence electrons. The molecule has 2 fully saturated rings. The summed E-state index contributed by atoms with van der Waals surface area (Å²) < 4.78 is 6.30. The van der Waals surface area contributed by atoms with Crippen molar-refractivity contribution in [2.75, 3.05) is 6.61 Å². The summed E-state index contributed by atoms with van der Waals surface area (Å²) in [5, 5.41) is 0. The minimum absolute atomic E-state index is 0.0172. The molecule has 3 atom stereocenters. The average Bonchev–Trinajstić information content (AvgIpc) is 2.49. The average molecular weight is 281 g/mol. The van der Waals surface area contributed by atoms with E-state index in [4.69, 9.17) is 10.5 Å². The number of hydrogen-bond acceptors (Lipinski definition) is 2. The lowest BCUT2D eigenvalue weighted by molar-refractivity contribution is -0.108. The Hall–Kier alpha value is -0.0800. The van der Waals surface area contributed by atoms with Crippen molar-refractivity contribution in [3.8, 4) is 0 Å². The van der Waals surface area contributed by atoms with E-state index in [2.05, 4.69) is 20.8 Å². The third kappa shape index (κ3) is 3.39. The van der Waals surface area contributed by atoms with Gasteiger partial charge in [0.25, 0.3) is 0 Å². The first-order valence-corrected chi connectivity index (χ1v) is 9.02. The maximum absolute atomic E-state index is 6.83. The van der Waals surface area contributed by atoms with E-state index in [1.54, 1.807) is 0 Å². The molecule has 0 aromatic heterocycles. The van der Waals surface area contributed by atoms with Gasteiger partial charge in [0.1, 0.15) is 0 Å². The molecule has 0 aromatic rings. The third-order valence-electron chi connectivity index (χ3n) is 6.11. The van der Waals surface area contributed by atoms with Crippen LogP contribution < -0.4 is 5.73 Å².